The molecule has 2 N–H and O–H groups in total. The van der Waals surface area contributed by atoms with Crippen molar-refractivity contribution in [2.75, 3.05) is 13.6 Å². The Bertz CT molecular complexity index is 598. The minimum Gasteiger partial charge on any atom is -0.356 e. The van der Waals surface area contributed by atoms with E-state index in [4.69, 9.17) is 0 Å². The van der Waals surface area contributed by atoms with Gasteiger partial charge in [-0.1, -0.05) is 6.07 Å². The summed E-state index contributed by atoms with van der Waals surface area (Å²) >= 11 is 1.79. The minimum absolute atomic E-state index is 0.740. The van der Waals surface area contributed by atoms with Crippen molar-refractivity contribution >= 4 is 17.3 Å². The van der Waals surface area contributed by atoms with Gasteiger partial charge >= 0.3 is 0 Å². The van der Waals surface area contributed by atoms with Crippen LogP contribution in [0, 0.1) is 13.8 Å². The molecule has 0 unspecified atom stereocenters. The maximum absolute atomic E-state index is 4.43. The van der Waals surface area contributed by atoms with Crippen LogP contribution < -0.4 is 10.6 Å². The largest absolute Gasteiger partial charge is 0.356 e. The van der Waals surface area contributed by atoms with Crippen LogP contribution in [0.5, 0.6) is 0 Å². The van der Waals surface area contributed by atoms with Crippen LogP contribution in [0.15, 0.2) is 22.5 Å². The van der Waals surface area contributed by atoms with E-state index in [2.05, 4.69) is 45.2 Å². The Morgan fingerprint density at radius 1 is 1.38 bits per heavy atom. The smallest absolute Gasteiger partial charge is 0.191 e. The van der Waals surface area contributed by atoms with Gasteiger partial charge in [-0.3, -0.25) is 9.67 Å². The third-order valence-corrected chi connectivity index (χ3v) is 4.50. The van der Waals surface area contributed by atoms with E-state index in [1.54, 1.807) is 18.4 Å². The Labute approximate surface area is 130 Å². The summed E-state index contributed by atoms with van der Waals surface area (Å²) < 4.78 is 1.92. The van der Waals surface area contributed by atoms with Crippen molar-refractivity contribution in [1.29, 1.82) is 0 Å². The zero-order valence-electron chi connectivity index (χ0n) is 13.1. The van der Waals surface area contributed by atoms with Gasteiger partial charge in [0.2, 0.25) is 0 Å². The zero-order valence-corrected chi connectivity index (χ0v) is 13.9. The molecule has 2 heterocycles. The number of guanidine groups is 1. The van der Waals surface area contributed by atoms with Crippen molar-refractivity contribution in [2.45, 2.75) is 26.8 Å². The third-order valence-electron chi connectivity index (χ3n) is 3.56. The van der Waals surface area contributed by atoms with Crippen LogP contribution in [-0.2, 0) is 20.0 Å². The van der Waals surface area contributed by atoms with Gasteiger partial charge in [0.25, 0.3) is 0 Å². The average Bonchev–Trinajstić information content (AvgIpc) is 3.05. The van der Waals surface area contributed by atoms with Gasteiger partial charge in [0.1, 0.15) is 0 Å². The number of aliphatic imine (C=N–C) groups is 1. The monoisotopic (exact) mass is 305 g/mol. The molecule has 114 valence electrons. The molecular formula is C15H23N5S. The molecule has 2 aromatic rings. The van der Waals surface area contributed by atoms with E-state index in [1.165, 1.54) is 16.1 Å². The summed E-state index contributed by atoms with van der Waals surface area (Å²) in [4.78, 5) is 5.64. The molecular weight excluding hydrogens is 282 g/mol. The Hall–Kier alpha value is -1.82. The van der Waals surface area contributed by atoms with E-state index in [1.807, 2.05) is 18.7 Å². The van der Waals surface area contributed by atoms with Crippen molar-refractivity contribution in [1.82, 2.24) is 20.4 Å². The van der Waals surface area contributed by atoms with Gasteiger partial charge in [-0.2, -0.15) is 5.10 Å². The lowest BCUT2D eigenvalue weighted by atomic mass is 10.2. The highest BCUT2D eigenvalue weighted by Gasteiger charge is 2.09. The summed E-state index contributed by atoms with van der Waals surface area (Å²) in [5.41, 5.74) is 3.49. The molecule has 6 heteroatoms. The molecule has 0 aliphatic rings. The van der Waals surface area contributed by atoms with Crippen LogP contribution in [0.1, 0.15) is 21.8 Å². The molecule has 0 aromatic carbocycles. The SMILES string of the molecule is CN=C(NCCc1cccs1)NCc1c(C)nn(C)c1C. The fourth-order valence-corrected chi connectivity index (χ4v) is 2.93. The second-order valence-corrected chi connectivity index (χ2v) is 5.99. The first-order valence-corrected chi connectivity index (χ1v) is 7.95. The summed E-state index contributed by atoms with van der Waals surface area (Å²) in [6.45, 7) is 5.75. The summed E-state index contributed by atoms with van der Waals surface area (Å²) in [5, 5.41) is 13.2. The quantitative estimate of drug-likeness (QED) is 0.656. The average molecular weight is 305 g/mol. The first-order valence-electron chi connectivity index (χ1n) is 7.07. The maximum atomic E-state index is 4.43. The summed E-state index contributed by atoms with van der Waals surface area (Å²) in [5.74, 6) is 0.828. The number of rotatable bonds is 5. The standard InChI is InChI=1S/C15H23N5S/c1-11-14(12(2)20(4)19-11)10-18-15(16-3)17-8-7-13-6-5-9-21-13/h5-6,9H,7-8,10H2,1-4H3,(H2,16,17,18). The number of nitrogens with zero attached hydrogens (tertiary/aromatic N) is 3. The molecule has 0 fully saturated rings. The van der Waals surface area contributed by atoms with Gasteiger partial charge in [0, 0.05) is 43.3 Å². The first kappa shape index (κ1) is 15.6. The molecule has 0 aliphatic carbocycles. The van der Waals surface area contributed by atoms with E-state index in [9.17, 15) is 0 Å². The number of nitrogens with one attached hydrogen (secondary N) is 2. The molecule has 0 amide bonds. The van der Waals surface area contributed by atoms with Crippen LogP contribution in [0.25, 0.3) is 0 Å². The van der Waals surface area contributed by atoms with Crippen LogP contribution in [0.4, 0.5) is 0 Å². The normalized spacial score (nSPS) is 11.7. The Kier molecular flexibility index (Phi) is 5.38. The van der Waals surface area contributed by atoms with Gasteiger partial charge < -0.3 is 10.6 Å². The van der Waals surface area contributed by atoms with Gasteiger partial charge in [-0.25, -0.2) is 0 Å². The molecule has 2 rings (SSSR count). The number of aryl methyl sites for hydroxylation is 2. The Balaban J connectivity index is 1.82. The second kappa shape index (κ2) is 7.26. The highest BCUT2D eigenvalue weighted by atomic mass is 32.1. The molecule has 2 aromatic heterocycles. The van der Waals surface area contributed by atoms with E-state index in [-0.39, 0.29) is 0 Å². The molecule has 0 radical (unpaired) electrons. The Morgan fingerprint density at radius 2 is 2.19 bits per heavy atom. The molecule has 21 heavy (non-hydrogen) atoms. The van der Waals surface area contributed by atoms with Crippen molar-refractivity contribution in [3.05, 3.63) is 39.3 Å². The van der Waals surface area contributed by atoms with Gasteiger partial charge in [0.15, 0.2) is 5.96 Å². The minimum atomic E-state index is 0.740. The third kappa shape index (κ3) is 4.07. The number of thiophene rings is 1. The maximum Gasteiger partial charge on any atom is 0.191 e. The fourth-order valence-electron chi connectivity index (χ4n) is 2.22. The van der Waals surface area contributed by atoms with E-state index < -0.39 is 0 Å². The number of aromatic nitrogens is 2. The molecule has 0 saturated heterocycles. The van der Waals surface area contributed by atoms with Crippen LogP contribution in [-0.4, -0.2) is 29.3 Å². The predicted octanol–water partition coefficient (Wildman–Crippen LogP) is 2.01. The zero-order chi connectivity index (χ0) is 15.2. The van der Waals surface area contributed by atoms with Crippen molar-refractivity contribution in [2.24, 2.45) is 12.0 Å². The van der Waals surface area contributed by atoms with E-state index >= 15 is 0 Å². The predicted molar refractivity (Wildman–Crippen MR) is 88.9 cm³/mol. The van der Waals surface area contributed by atoms with Crippen LogP contribution in [0.3, 0.4) is 0 Å². The summed E-state index contributed by atoms with van der Waals surface area (Å²) in [7, 11) is 3.77. The van der Waals surface area contributed by atoms with Gasteiger partial charge in [-0.15, -0.1) is 11.3 Å². The molecule has 0 aliphatic heterocycles. The molecule has 0 saturated carbocycles. The Morgan fingerprint density at radius 3 is 2.76 bits per heavy atom. The molecule has 0 atom stereocenters. The van der Waals surface area contributed by atoms with E-state index in [0.717, 1.165) is 31.2 Å². The lowest BCUT2D eigenvalue weighted by Crippen LogP contribution is -2.38. The topological polar surface area (TPSA) is 54.2 Å². The fraction of sp³-hybridized carbons (Fsp3) is 0.467. The highest BCUT2D eigenvalue weighted by Crippen LogP contribution is 2.11. The van der Waals surface area contributed by atoms with Crippen molar-refractivity contribution in [3.63, 3.8) is 0 Å². The second-order valence-electron chi connectivity index (χ2n) is 4.95. The summed E-state index contributed by atoms with van der Waals surface area (Å²) in [6, 6.07) is 4.24. The van der Waals surface area contributed by atoms with Gasteiger partial charge in [0.05, 0.1) is 5.69 Å². The number of hydrogen-bond acceptors (Lipinski definition) is 3. The number of hydrogen-bond donors (Lipinski definition) is 2. The van der Waals surface area contributed by atoms with Crippen LogP contribution in [0.2, 0.25) is 0 Å². The highest BCUT2D eigenvalue weighted by molar-refractivity contribution is 7.09. The summed E-state index contributed by atoms with van der Waals surface area (Å²) in [6.07, 6.45) is 1.02. The molecule has 0 spiro atoms. The molecule has 5 nitrogen and oxygen atoms in total. The molecule has 0 bridgehead atoms. The van der Waals surface area contributed by atoms with Gasteiger partial charge in [-0.05, 0) is 31.7 Å². The first-order chi connectivity index (χ1) is 10.1. The van der Waals surface area contributed by atoms with Crippen molar-refractivity contribution in [3.8, 4) is 0 Å². The lowest BCUT2D eigenvalue weighted by molar-refractivity contribution is 0.728. The lowest BCUT2D eigenvalue weighted by Gasteiger charge is -2.11. The van der Waals surface area contributed by atoms with Crippen LogP contribution >= 0.6 is 11.3 Å². The van der Waals surface area contributed by atoms with Crippen molar-refractivity contribution < 1.29 is 0 Å². The van der Waals surface area contributed by atoms with E-state index in [0.29, 0.717) is 0 Å².